The lowest BCUT2D eigenvalue weighted by Crippen LogP contribution is -2.43. The monoisotopic (exact) mass is 177 g/mol. The molecule has 0 aromatic heterocycles. The van der Waals surface area contributed by atoms with Gasteiger partial charge in [-0.05, 0) is 18.4 Å². The predicted octanol–water partition coefficient (Wildman–Crippen LogP) is 1.18. The molecule has 0 saturated carbocycles. The number of hydrogen-bond donors (Lipinski definition) is 0. The highest BCUT2D eigenvalue weighted by Gasteiger charge is 2.38. The highest BCUT2D eigenvalue weighted by molar-refractivity contribution is 4.93. The summed E-state index contributed by atoms with van der Waals surface area (Å²) in [6.45, 7) is 3.21. The number of nitriles is 1. The topological polar surface area (TPSA) is 51.5 Å². The van der Waals surface area contributed by atoms with Crippen LogP contribution in [0.2, 0.25) is 0 Å². The smallest absolute Gasteiger partial charge is 0.244 e. The molecule has 4 nitrogen and oxygen atoms in total. The van der Waals surface area contributed by atoms with Crippen molar-refractivity contribution in [3.8, 4) is 6.07 Å². The maximum atomic E-state index is 12.0. The molecule has 0 bridgehead atoms. The zero-order chi connectivity index (χ0) is 9.61. The van der Waals surface area contributed by atoms with Gasteiger partial charge in [-0.25, -0.2) is 0 Å². The van der Waals surface area contributed by atoms with Gasteiger partial charge in [-0.3, -0.25) is 0 Å². The van der Waals surface area contributed by atoms with E-state index in [-0.39, 0.29) is 6.61 Å². The van der Waals surface area contributed by atoms with Crippen LogP contribution >= 0.6 is 0 Å². The molecule has 0 aliphatic carbocycles. The van der Waals surface area contributed by atoms with E-state index in [1.807, 2.05) is 0 Å². The first-order valence-corrected chi connectivity index (χ1v) is 3.50. The molecular formula is C7H12FNO3. The molecule has 12 heavy (non-hydrogen) atoms. The molecule has 0 radical (unpaired) electrons. The van der Waals surface area contributed by atoms with Gasteiger partial charge in [-0.2, -0.15) is 10.2 Å². The van der Waals surface area contributed by atoms with E-state index in [2.05, 4.69) is 9.68 Å². The number of rotatable bonds is 5. The van der Waals surface area contributed by atoms with Crippen LogP contribution in [0.5, 0.6) is 0 Å². The Morgan fingerprint density at radius 1 is 1.67 bits per heavy atom. The summed E-state index contributed by atoms with van der Waals surface area (Å²) in [5.41, 5.74) is 0. The van der Waals surface area contributed by atoms with E-state index in [0.29, 0.717) is 0 Å². The number of halogens is 1. The van der Waals surface area contributed by atoms with Crippen LogP contribution < -0.4 is 0 Å². The standard InChI is InChI=1S/C7H12FNO3/c1-4-11-7(2,12-8)6(5-9)10-3/h6H,4H2,1-3H3. The van der Waals surface area contributed by atoms with Crippen LogP contribution in [0.25, 0.3) is 0 Å². The van der Waals surface area contributed by atoms with Crippen LogP contribution in [0.3, 0.4) is 0 Å². The highest BCUT2D eigenvalue weighted by Crippen LogP contribution is 2.19. The SMILES string of the molecule is CCOC(C)(OF)C(C#N)OC. The molecule has 0 aromatic rings. The predicted molar refractivity (Wildman–Crippen MR) is 38.6 cm³/mol. The van der Waals surface area contributed by atoms with Gasteiger partial charge in [-0.15, -0.1) is 0 Å². The summed E-state index contributed by atoms with van der Waals surface area (Å²) in [5, 5.41) is 8.52. The Labute approximate surface area is 70.7 Å². The second-order valence-electron chi connectivity index (χ2n) is 2.27. The molecule has 5 heteroatoms. The summed E-state index contributed by atoms with van der Waals surface area (Å²) in [5.74, 6) is -1.64. The van der Waals surface area contributed by atoms with E-state index in [9.17, 15) is 4.53 Å². The minimum Gasteiger partial charge on any atom is -0.361 e. The lowest BCUT2D eigenvalue weighted by Gasteiger charge is -2.27. The van der Waals surface area contributed by atoms with E-state index < -0.39 is 11.9 Å². The van der Waals surface area contributed by atoms with E-state index in [1.54, 1.807) is 13.0 Å². The average Bonchev–Trinajstić information content (AvgIpc) is 2.07. The first kappa shape index (κ1) is 11.3. The molecule has 0 aliphatic rings. The third-order valence-electron chi connectivity index (χ3n) is 1.41. The van der Waals surface area contributed by atoms with Crippen molar-refractivity contribution < 1.29 is 18.9 Å². The van der Waals surface area contributed by atoms with E-state index in [0.717, 1.165) is 0 Å². The van der Waals surface area contributed by atoms with Crippen molar-refractivity contribution >= 4 is 0 Å². The van der Waals surface area contributed by atoms with Gasteiger partial charge < -0.3 is 9.47 Å². The van der Waals surface area contributed by atoms with Crippen LogP contribution in [0.15, 0.2) is 0 Å². The molecule has 0 saturated heterocycles. The van der Waals surface area contributed by atoms with Crippen molar-refractivity contribution in [2.45, 2.75) is 25.7 Å². The molecule has 70 valence electrons. The summed E-state index contributed by atoms with van der Waals surface area (Å²) < 4.78 is 21.5. The first-order chi connectivity index (χ1) is 5.64. The van der Waals surface area contributed by atoms with Crippen molar-refractivity contribution in [2.75, 3.05) is 13.7 Å². The third kappa shape index (κ3) is 2.41. The highest BCUT2D eigenvalue weighted by atomic mass is 19.3. The second-order valence-corrected chi connectivity index (χ2v) is 2.27. The molecular weight excluding hydrogens is 165 g/mol. The maximum absolute atomic E-state index is 12.0. The van der Waals surface area contributed by atoms with E-state index >= 15 is 0 Å². The average molecular weight is 177 g/mol. The fourth-order valence-electron chi connectivity index (χ4n) is 0.809. The normalized spacial score (nSPS) is 17.9. The Morgan fingerprint density at radius 2 is 2.25 bits per heavy atom. The summed E-state index contributed by atoms with van der Waals surface area (Å²) >= 11 is 0. The summed E-state index contributed by atoms with van der Waals surface area (Å²) in [6, 6.07) is 1.72. The zero-order valence-electron chi connectivity index (χ0n) is 7.33. The fraction of sp³-hybridized carbons (Fsp3) is 0.857. The van der Waals surface area contributed by atoms with Crippen molar-refractivity contribution in [3.63, 3.8) is 0 Å². The van der Waals surface area contributed by atoms with Gasteiger partial charge in [0.25, 0.3) is 0 Å². The maximum Gasteiger partial charge on any atom is 0.244 e. The molecule has 2 atom stereocenters. The molecule has 0 spiro atoms. The Kier molecular flexibility index (Phi) is 4.74. The summed E-state index contributed by atoms with van der Waals surface area (Å²) in [4.78, 5) is 3.55. The molecule has 2 unspecified atom stereocenters. The largest absolute Gasteiger partial charge is 0.361 e. The first-order valence-electron chi connectivity index (χ1n) is 3.50. The number of ether oxygens (including phenoxy) is 2. The molecule has 0 aliphatic heterocycles. The van der Waals surface area contributed by atoms with Crippen LogP contribution in [0, 0.1) is 11.3 Å². The van der Waals surface area contributed by atoms with Gasteiger partial charge in [0.1, 0.15) is 6.07 Å². The van der Waals surface area contributed by atoms with Crippen LogP contribution in [0.4, 0.5) is 4.53 Å². The van der Waals surface area contributed by atoms with Crippen molar-refractivity contribution in [2.24, 2.45) is 0 Å². The molecule has 0 heterocycles. The lowest BCUT2D eigenvalue weighted by atomic mass is 10.2. The second kappa shape index (κ2) is 5.04. The molecule has 0 aromatic carbocycles. The van der Waals surface area contributed by atoms with Gasteiger partial charge in [0.15, 0.2) is 6.10 Å². The fourth-order valence-corrected chi connectivity index (χ4v) is 0.809. The molecule has 0 N–H and O–H groups in total. The number of methoxy groups -OCH3 is 1. The van der Waals surface area contributed by atoms with Gasteiger partial charge in [0.2, 0.25) is 5.79 Å². The van der Waals surface area contributed by atoms with Gasteiger partial charge in [0.05, 0.1) is 0 Å². The summed E-state index contributed by atoms with van der Waals surface area (Å²) in [6.07, 6.45) is -1.08. The van der Waals surface area contributed by atoms with Crippen molar-refractivity contribution in [3.05, 3.63) is 0 Å². The molecule has 0 fully saturated rings. The van der Waals surface area contributed by atoms with Crippen LogP contribution in [-0.4, -0.2) is 25.6 Å². The summed E-state index contributed by atoms with van der Waals surface area (Å²) in [7, 11) is 1.28. The molecule has 0 amide bonds. The Bertz CT molecular complexity index is 171. The van der Waals surface area contributed by atoms with Gasteiger partial charge >= 0.3 is 0 Å². The third-order valence-corrected chi connectivity index (χ3v) is 1.41. The van der Waals surface area contributed by atoms with Crippen LogP contribution in [0.1, 0.15) is 13.8 Å². The minimum atomic E-state index is -1.64. The zero-order valence-corrected chi connectivity index (χ0v) is 7.33. The Hall–Kier alpha value is -0.700. The van der Waals surface area contributed by atoms with Gasteiger partial charge in [-0.1, -0.05) is 0 Å². The molecule has 0 rings (SSSR count). The minimum absolute atomic E-state index is 0.238. The Balaban J connectivity index is 4.38. The Morgan fingerprint density at radius 3 is 2.50 bits per heavy atom. The van der Waals surface area contributed by atoms with E-state index in [1.165, 1.54) is 14.0 Å². The number of hydrogen-bond acceptors (Lipinski definition) is 4. The van der Waals surface area contributed by atoms with Crippen molar-refractivity contribution in [1.29, 1.82) is 5.26 Å². The van der Waals surface area contributed by atoms with Crippen LogP contribution in [-0.2, 0) is 14.4 Å². The number of nitrogens with zero attached hydrogens (tertiary/aromatic N) is 1. The van der Waals surface area contributed by atoms with Gasteiger partial charge in [0, 0.05) is 13.7 Å². The lowest BCUT2D eigenvalue weighted by molar-refractivity contribution is -0.359. The van der Waals surface area contributed by atoms with E-state index in [4.69, 9.17) is 10.00 Å². The van der Waals surface area contributed by atoms with Crippen molar-refractivity contribution in [1.82, 2.24) is 0 Å². The quantitative estimate of drug-likeness (QED) is 0.591.